The number of rotatable bonds is 6. The molecular formula is C29H24O4. The van der Waals surface area contributed by atoms with Crippen molar-refractivity contribution in [2.45, 2.75) is 20.3 Å². The van der Waals surface area contributed by atoms with Crippen molar-refractivity contribution < 1.29 is 18.7 Å². The van der Waals surface area contributed by atoms with Gasteiger partial charge in [-0.3, -0.25) is 4.79 Å². The van der Waals surface area contributed by atoms with E-state index < -0.39 is 0 Å². The highest BCUT2D eigenvalue weighted by atomic mass is 16.5. The molecule has 0 unspecified atom stereocenters. The molecule has 5 rings (SSSR count). The number of carbonyl (C=O) groups excluding carboxylic acids is 1. The molecule has 1 aliphatic heterocycles. The van der Waals surface area contributed by atoms with Gasteiger partial charge in [-0.05, 0) is 54.8 Å². The molecule has 0 fully saturated rings. The Balaban J connectivity index is 1.73. The first kappa shape index (κ1) is 20.8. The van der Waals surface area contributed by atoms with Crippen LogP contribution >= 0.6 is 0 Å². The van der Waals surface area contributed by atoms with E-state index in [9.17, 15) is 4.79 Å². The number of hydrogen-bond acceptors (Lipinski definition) is 4. The first-order valence-corrected chi connectivity index (χ1v) is 11.0. The molecule has 4 nitrogen and oxygen atoms in total. The molecule has 4 aromatic rings. The van der Waals surface area contributed by atoms with Crippen molar-refractivity contribution in [1.29, 1.82) is 0 Å². The summed E-state index contributed by atoms with van der Waals surface area (Å²) in [5.41, 5.74) is 4.72. The Labute approximate surface area is 192 Å². The third kappa shape index (κ3) is 3.74. The number of carbonyl (C=O) groups is 1. The molecule has 0 atom stereocenters. The van der Waals surface area contributed by atoms with Gasteiger partial charge in [0.2, 0.25) is 5.78 Å². The van der Waals surface area contributed by atoms with Gasteiger partial charge in [-0.15, -0.1) is 0 Å². The van der Waals surface area contributed by atoms with E-state index in [2.05, 4.69) is 6.58 Å². The van der Waals surface area contributed by atoms with Crippen LogP contribution in [0.4, 0.5) is 0 Å². The molecule has 3 aromatic carbocycles. The molecular weight excluding hydrogens is 412 g/mol. The van der Waals surface area contributed by atoms with Crippen molar-refractivity contribution in [3.63, 3.8) is 0 Å². The quantitative estimate of drug-likeness (QED) is 0.295. The summed E-state index contributed by atoms with van der Waals surface area (Å²) in [6, 6.07) is 20.9. The molecule has 0 saturated heterocycles. The number of ketones is 1. The molecule has 1 aliphatic rings. The van der Waals surface area contributed by atoms with Crippen molar-refractivity contribution in [3.05, 3.63) is 102 Å². The van der Waals surface area contributed by atoms with Crippen molar-refractivity contribution in [3.8, 4) is 22.6 Å². The topological polar surface area (TPSA) is 48.7 Å². The minimum atomic E-state index is -0.206. The summed E-state index contributed by atoms with van der Waals surface area (Å²) < 4.78 is 18.0. The molecule has 1 aromatic heterocycles. The van der Waals surface area contributed by atoms with E-state index in [1.54, 1.807) is 12.1 Å². The predicted molar refractivity (Wildman–Crippen MR) is 131 cm³/mol. The SMILES string of the molecule is C=C1C=C(C)c2ccc3oc(C(=O)c4cccc(OCCC)c4)c(-c4ccccc4)c3c2O1. The van der Waals surface area contributed by atoms with Crippen LogP contribution in [0.25, 0.3) is 27.7 Å². The zero-order valence-electron chi connectivity index (χ0n) is 18.7. The maximum Gasteiger partial charge on any atom is 0.229 e. The summed E-state index contributed by atoms with van der Waals surface area (Å²) in [4.78, 5) is 13.7. The van der Waals surface area contributed by atoms with Crippen LogP contribution in [0.15, 0.2) is 89.6 Å². The average Bonchev–Trinajstić information content (AvgIpc) is 3.23. The van der Waals surface area contributed by atoms with Gasteiger partial charge in [-0.25, -0.2) is 0 Å². The van der Waals surface area contributed by atoms with E-state index in [0.717, 1.165) is 34.1 Å². The Morgan fingerprint density at radius 3 is 2.64 bits per heavy atom. The Hall–Kier alpha value is -4.05. The van der Waals surface area contributed by atoms with Crippen LogP contribution in [0.3, 0.4) is 0 Å². The van der Waals surface area contributed by atoms with Crippen molar-refractivity contribution in [2.24, 2.45) is 0 Å². The van der Waals surface area contributed by atoms with Crippen LogP contribution in [-0.4, -0.2) is 12.4 Å². The fourth-order valence-electron chi connectivity index (χ4n) is 4.18. The predicted octanol–water partition coefficient (Wildman–Crippen LogP) is 7.43. The van der Waals surface area contributed by atoms with Crippen molar-refractivity contribution in [2.75, 3.05) is 6.61 Å². The van der Waals surface area contributed by atoms with Crippen molar-refractivity contribution >= 4 is 22.3 Å². The number of furan rings is 1. The molecule has 33 heavy (non-hydrogen) atoms. The first-order valence-electron chi connectivity index (χ1n) is 11.0. The van der Waals surface area contributed by atoms with Crippen LogP contribution in [0.2, 0.25) is 0 Å². The first-order chi connectivity index (χ1) is 16.1. The standard InChI is InChI=1S/C29H24O4/c1-4-15-31-22-12-8-11-21(17-22)27(30)29-25(20-9-6-5-7-10-20)26-24(33-29)14-13-23-18(2)16-19(3)32-28(23)26/h5-14,16-17H,3-4,15H2,1-2H3. The zero-order valence-corrected chi connectivity index (χ0v) is 18.7. The minimum absolute atomic E-state index is 0.206. The summed E-state index contributed by atoms with van der Waals surface area (Å²) in [5, 5.41) is 0.772. The van der Waals surface area contributed by atoms with E-state index in [0.29, 0.717) is 35.0 Å². The molecule has 0 spiro atoms. The normalized spacial score (nSPS) is 12.8. The van der Waals surface area contributed by atoms with E-state index in [1.807, 2.05) is 74.5 Å². The maximum absolute atomic E-state index is 13.7. The summed E-state index contributed by atoms with van der Waals surface area (Å²) in [6.07, 6.45) is 2.80. The smallest absolute Gasteiger partial charge is 0.229 e. The maximum atomic E-state index is 13.7. The number of ether oxygens (including phenoxy) is 2. The van der Waals surface area contributed by atoms with Gasteiger partial charge < -0.3 is 13.9 Å². The highest BCUT2D eigenvalue weighted by molar-refractivity contribution is 6.17. The zero-order chi connectivity index (χ0) is 22.9. The lowest BCUT2D eigenvalue weighted by Crippen LogP contribution is -2.04. The van der Waals surface area contributed by atoms with Crippen LogP contribution in [0.1, 0.15) is 41.9 Å². The van der Waals surface area contributed by atoms with Gasteiger partial charge in [-0.1, -0.05) is 56.0 Å². The third-order valence-corrected chi connectivity index (χ3v) is 5.68. The molecule has 0 bridgehead atoms. The highest BCUT2D eigenvalue weighted by Crippen LogP contribution is 2.46. The van der Waals surface area contributed by atoms with Crippen LogP contribution in [0.5, 0.6) is 11.5 Å². The largest absolute Gasteiger partial charge is 0.494 e. The molecule has 0 aliphatic carbocycles. The lowest BCUT2D eigenvalue weighted by atomic mass is 9.94. The fourth-order valence-corrected chi connectivity index (χ4v) is 4.18. The molecule has 0 N–H and O–H groups in total. The van der Waals surface area contributed by atoms with E-state index in [4.69, 9.17) is 13.9 Å². The van der Waals surface area contributed by atoms with Gasteiger partial charge in [0.05, 0.1) is 12.0 Å². The van der Waals surface area contributed by atoms with Gasteiger partial charge in [0.25, 0.3) is 0 Å². The van der Waals surface area contributed by atoms with E-state index in [-0.39, 0.29) is 11.5 Å². The van der Waals surface area contributed by atoms with Crippen molar-refractivity contribution in [1.82, 2.24) is 0 Å². The molecule has 0 saturated carbocycles. The fraction of sp³-hybridized carbons (Fsp3) is 0.138. The van der Waals surface area contributed by atoms with Gasteiger partial charge in [0.1, 0.15) is 22.8 Å². The number of allylic oxidation sites excluding steroid dienone is 2. The van der Waals surface area contributed by atoms with E-state index >= 15 is 0 Å². The van der Waals surface area contributed by atoms with Crippen LogP contribution in [0, 0.1) is 0 Å². The highest BCUT2D eigenvalue weighted by Gasteiger charge is 2.28. The second-order valence-corrected chi connectivity index (χ2v) is 8.09. The van der Waals surface area contributed by atoms with Gasteiger partial charge >= 0.3 is 0 Å². The Bertz CT molecular complexity index is 1410. The third-order valence-electron chi connectivity index (χ3n) is 5.68. The summed E-state index contributed by atoms with van der Waals surface area (Å²) in [6.45, 7) is 8.65. The molecule has 2 heterocycles. The summed E-state index contributed by atoms with van der Waals surface area (Å²) in [5.74, 6) is 1.96. The van der Waals surface area contributed by atoms with Gasteiger partial charge in [0.15, 0.2) is 5.76 Å². The van der Waals surface area contributed by atoms with E-state index in [1.165, 1.54) is 0 Å². The number of benzene rings is 3. The molecule has 0 amide bonds. The lowest BCUT2D eigenvalue weighted by Gasteiger charge is -2.18. The monoisotopic (exact) mass is 436 g/mol. The molecule has 0 radical (unpaired) electrons. The summed E-state index contributed by atoms with van der Waals surface area (Å²) in [7, 11) is 0. The lowest BCUT2D eigenvalue weighted by molar-refractivity contribution is 0.101. The minimum Gasteiger partial charge on any atom is -0.494 e. The second-order valence-electron chi connectivity index (χ2n) is 8.09. The second kappa shape index (κ2) is 8.47. The summed E-state index contributed by atoms with van der Waals surface area (Å²) >= 11 is 0. The average molecular weight is 437 g/mol. The number of fused-ring (bicyclic) bond motifs is 3. The van der Waals surface area contributed by atoms with Gasteiger partial charge in [0, 0.05) is 16.7 Å². The number of hydrogen-bond donors (Lipinski definition) is 0. The molecule has 164 valence electrons. The van der Waals surface area contributed by atoms with Crippen LogP contribution in [-0.2, 0) is 0 Å². The van der Waals surface area contributed by atoms with Gasteiger partial charge in [-0.2, -0.15) is 0 Å². The Morgan fingerprint density at radius 1 is 1.03 bits per heavy atom. The Kier molecular flexibility index (Phi) is 5.35. The molecule has 4 heteroatoms. The van der Waals surface area contributed by atoms with Crippen LogP contribution < -0.4 is 9.47 Å². The Morgan fingerprint density at radius 2 is 1.85 bits per heavy atom.